The number of rotatable bonds is 3. The van der Waals surface area contributed by atoms with E-state index < -0.39 is 0 Å². The van der Waals surface area contributed by atoms with Gasteiger partial charge in [-0.2, -0.15) is 5.10 Å². The first kappa shape index (κ1) is 21.3. The molecule has 3 heterocycles. The van der Waals surface area contributed by atoms with E-state index in [2.05, 4.69) is 15.1 Å². The van der Waals surface area contributed by atoms with Crippen molar-refractivity contribution in [1.29, 1.82) is 0 Å². The summed E-state index contributed by atoms with van der Waals surface area (Å²) < 4.78 is 3.69. The van der Waals surface area contributed by atoms with Crippen LogP contribution in [0.5, 0.6) is 0 Å². The highest BCUT2D eigenvalue weighted by atomic mass is 32.1. The summed E-state index contributed by atoms with van der Waals surface area (Å²) in [6, 6.07) is 11.2. The van der Waals surface area contributed by atoms with Crippen molar-refractivity contribution >= 4 is 29.0 Å². The maximum absolute atomic E-state index is 13.3. The summed E-state index contributed by atoms with van der Waals surface area (Å²) in [6.07, 6.45) is 4.90. The zero-order chi connectivity index (χ0) is 23.1. The predicted octanol–water partition coefficient (Wildman–Crippen LogP) is 3.73. The molecule has 1 fully saturated rings. The van der Waals surface area contributed by atoms with Crippen molar-refractivity contribution in [2.75, 3.05) is 13.1 Å². The first-order chi connectivity index (χ1) is 15.9. The number of nitrogens with zero attached hydrogens (tertiary/aromatic N) is 5. The first-order valence-electron chi connectivity index (χ1n) is 10.9. The standard InChI is InChI=1S/C24H24N6O2S/c1-15-4-3-5-21(16(15)2)30-23(32)19-7-6-17(12-20(19)27-24(30)33)22(31)28-10-8-18(9-11-28)29-14-25-13-26-29/h3-7,12-14,18H,8-11H2,1-2H3,(H,27,33). The van der Waals surface area contributed by atoms with Gasteiger partial charge in [0, 0.05) is 18.7 Å². The molecule has 5 rings (SSSR count). The van der Waals surface area contributed by atoms with Crippen molar-refractivity contribution in [3.05, 3.63) is 80.9 Å². The Hall–Kier alpha value is -3.59. The lowest BCUT2D eigenvalue weighted by Gasteiger charge is -2.32. The number of likely N-dealkylation sites (tertiary alicyclic amines) is 1. The van der Waals surface area contributed by atoms with Gasteiger partial charge in [-0.3, -0.25) is 14.2 Å². The predicted molar refractivity (Wildman–Crippen MR) is 128 cm³/mol. The van der Waals surface area contributed by atoms with E-state index in [0.29, 0.717) is 34.3 Å². The van der Waals surface area contributed by atoms with Crippen LogP contribution < -0.4 is 5.56 Å². The molecule has 0 radical (unpaired) electrons. The molecule has 1 amide bonds. The molecule has 2 aromatic heterocycles. The summed E-state index contributed by atoms with van der Waals surface area (Å²) in [5.41, 5.74) is 3.75. The number of hydrogen-bond acceptors (Lipinski definition) is 5. The Labute approximate surface area is 195 Å². The van der Waals surface area contributed by atoms with Crippen molar-refractivity contribution in [3.8, 4) is 5.69 Å². The lowest BCUT2D eigenvalue weighted by Crippen LogP contribution is -2.39. The lowest BCUT2D eigenvalue weighted by atomic mass is 10.0. The van der Waals surface area contributed by atoms with E-state index in [1.165, 1.54) is 10.9 Å². The number of hydrogen-bond donors (Lipinski definition) is 1. The highest BCUT2D eigenvalue weighted by Gasteiger charge is 2.25. The molecule has 0 unspecified atom stereocenters. The van der Waals surface area contributed by atoms with Gasteiger partial charge >= 0.3 is 0 Å². The SMILES string of the molecule is Cc1cccc(-n2c(=S)[nH]c3cc(C(=O)N4CCC(n5cncn5)CC4)ccc3c2=O)c1C. The van der Waals surface area contributed by atoms with E-state index >= 15 is 0 Å². The van der Waals surface area contributed by atoms with Gasteiger partial charge in [0.15, 0.2) is 4.77 Å². The molecule has 1 saturated heterocycles. The van der Waals surface area contributed by atoms with Crippen LogP contribution in [0.2, 0.25) is 0 Å². The van der Waals surface area contributed by atoms with E-state index in [0.717, 1.165) is 29.7 Å². The van der Waals surface area contributed by atoms with Crippen molar-refractivity contribution in [1.82, 2.24) is 29.2 Å². The molecule has 0 aliphatic carbocycles. The van der Waals surface area contributed by atoms with Gasteiger partial charge in [-0.05, 0) is 74.3 Å². The molecule has 0 spiro atoms. The molecule has 9 heteroatoms. The Morgan fingerprint density at radius 3 is 2.67 bits per heavy atom. The maximum Gasteiger partial charge on any atom is 0.266 e. The molecule has 2 aromatic carbocycles. The number of piperidine rings is 1. The quantitative estimate of drug-likeness (QED) is 0.471. The largest absolute Gasteiger partial charge is 0.338 e. The van der Waals surface area contributed by atoms with Crippen LogP contribution in [-0.2, 0) is 0 Å². The second kappa shape index (κ2) is 8.40. The third-order valence-corrected chi connectivity index (χ3v) is 6.81. The molecule has 1 aliphatic rings. The molecular weight excluding hydrogens is 436 g/mol. The zero-order valence-corrected chi connectivity index (χ0v) is 19.3. The Bertz CT molecular complexity index is 1460. The van der Waals surface area contributed by atoms with Crippen LogP contribution in [0.1, 0.15) is 40.4 Å². The van der Waals surface area contributed by atoms with Crippen molar-refractivity contribution in [2.45, 2.75) is 32.7 Å². The number of aryl methyl sites for hydroxylation is 1. The normalized spacial score (nSPS) is 14.7. The molecular formula is C24H24N6O2S. The minimum absolute atomic E-state index is 0.0491. The van der Waals surface area contributed by atoms with Crippen LogP contribution in [0.15, 0.2) is 53.8 Å². The van der Waals surface area contributed by atoms with Gasteiger partial charge in [-0.25, -0.2) is 9.67 Å². The number of benzene rings is 2. The number of nitrogens with one attached hydrogen (secondary N) is 1. The van der Waals surface area contributed by atoms with Gasteiger partial charge in [0.05, 0.1) is 22.6 Å². The van der Waals surface area contributed by atoms with Crippen molar-refractivity contribution in [2.24, 2.45) is 0 Å². The second-order valence-corrected chi connectivity index (χ2v) is 8.84. The van der Waals surface area contributed by atoms with Gasteiger partial charge in [0.25, 0.3) is 11.5 Å². The molecule has 8 nitrogen and oxygen atoms in total. The fourth-order valence-corrected chi connectivity index (χ4v) is 4.76. The van der Waals surface area contributed by atoms with E-state index in [1.54, 1.807) is 24.5 Å². The fraction of sp³-hybridized carbons (Fsp3) is 0.292. The number of aromatic nitrogens is 5. The zero-order valence-electron chi connectivity index (χ0n) is 18.5. The molecule has 4 aromatic rings. The maximum atomic E-state index is 13.3. The minimum Gasteiger partial charge on any atom is -0.338 e. The molecule has 33 heavy (non-hydrogen) atoms. The number of carbonyl (C=O) groups is 1. The third kappa shape index (κ3) is 3.78. The summed E-state index contributed by atoms with van der Waals surface area (Å²) in [5.74, 6) is -0.0491. The molecule has 0 bridgehead atoms. The molecule has 1 aliphatic heterocycles. The minimum atomic E-state index is -0.199. The van der Waals surface area contributed by atoms with Crippen LogP contribution in [-0.4, -0.2) is 48.2 Å². The number of fused-ring (bicyclic) bond motifs is 1. The van der Waals surface area contributed by atoms with Crippen LogP contribution in [0.25, 0.3) is 16.6 Å². The first-order valence-corrected chi connectivity index (χ1v) is 11.3. The molecule has 168 valence electrons. The van der Waals surface area contributed by atoms with Crippen LogP contribution >= 0.6 is 12.2 Å². The summed E-state index contributed by atoms with van der Waals surface area (Å²) >= 11 is 5.54. The van der Waals surface area contributed by atoms with Gasteiger partial charge in [-0.15, -0.1) is 0 Å². The number of carbonyl (C=O) groups excluding carboxylic acids is 1. The number of amides is 1. The smallest absolute Gasteiger partial charge is 0.266 e. The third-order valence-electron chi connectivity index (χ3n) is 6.52. The second-order valence-electron chi connectivity index (χ2n) is 8.45. The van der Waals surface area contributed by atoms with E-state index in [1.807, 2.05) is 41.6 Å². The van der Waals surface area contributed by atoms with Crippen LogP contribution in [0, 0.1) is 18.6 Å². The van der Waals surface area contributed by atoms with E-state index in [9.17, 15) is 9.59 Å². The Morgan fingerprint density at radius 2 is 1.94 bits per heavy atom. The lowest BCUT2D eigenvalue weighted by molar-refractivity contribution is 0.0690. The van der Waals surface area contributed by atoms with Gasteiger partial charge in [0.1, 0.15) is 12.7 Å². The summed E-state index contributed by atoms with van der Waals surface area (Å²) in [4.78, 5) is 35.5. The van der Waals surface area contributed by atoms with Crippen LogP contribution in [0.4, 0.5) is 0 Å². The monoisotopic (exact) mass is 460 g/mol. The highest BCUT2D eigenvalue weighted by molar-refractivity contribution is 7.71. The summed E-state index contributed by atoms with van der Waals surface area (Å²) in [6.45, 7) is 5.27. The summed E-state index contributed by atoms with van der Waals surface area (Å²) in [5, 5.41) is 4.71. The average molecular weight is 461 g/mol. The van der Waals surface area contributed by atoms with E-state index in [4.69, 9.17) is 12.2 Å². The molecule has 0 saturated carbocycles. The molecule has 0 atom stereocenters. The average Bonchev–Trinajstić information content (AvgIpc) is 3.36. The van der Waals surface area contributed by atoms with Crippen LogP contribution in [0.3, 0.4) is 0 Å². The number of H-pyrrole nitrogens is 1. The summed E-state index contributed by atoms with van der Waals surface area (Å²) in [7, 11) is 0. The highest BCUT2D eigenvalue weighted by Crippen LogP contribution is 2.23. The van der Waals surface area contributed by atoms with Gasteiger partial charge in [0.2, 0.25) is 0 Å². The van der Waals surface area contributed by atoms with Crippen molar-refractivity contribution < 1.29 is 4.79 Å². The molecule has 1 N–H and O–H groups in total. The van der Waals surface area contributed by atoms with Crippen molar-refractivity contribution in [3.63, 3.8) is 0 Å². The van der Waals surface area contributed by atoms with Gasteiger partial charge in [-0.1, -0.05) is 12.1 Å². The van der Waals surface area contributed by atoms with E-state index in [-0.39, 0.29) is 17.5 Å². The topological polar surface area (TPSA) is 88.8 Å². The fourth-order valence-electron chi connectivity index (χ4n) is 4.47. The number of aromatic amines is 1. The Kier molecular flexibility index (Phi) is 5.41. The Morgan fingerprint density at radius 1 is 1.15 bits per heavy atom. The Balaban J connectivity index is 1.45. The van der Waals surface area contributed by atoms with Gasteiger partial charge < -0.3 is 9.88 Å².